The lowest BCUT2D eigenvalue weighted by atomic mass is 10.3. The van der Waals surface area contributed by atoms with Crippen molar-refractivity contribution in [2.45, 2.75) is 17.0 Å². The van der Waals surface area contributed by atoms with Gasteiger partial charge < -0.3 is 10.5 Å². The molecular weight excluding hydrogens is 348 g/mol. The molecule has 0 aliphatic carbocycles. The zero-order valence-corrected chi connectivity index (χ0v) is 15.4. The summed E-state index contributed by atoms with van der Waals surface area (Å²) in [6, 6.07) is 8.05. The predicted octanol–water partition coefficient (Wildman–Crippen LogP) is 1.79. The highest BCUT2D eigenvalue weighted by Crippen LogP contribution is 2.19. The Hall–Kier alpha value is -1.84. The van der Waals surface area contributed by atoms with Crippen LogP contribution in [-0.2, 0) is 10.0 Å². The number of benzene rings is 1. The fourth-order valence-electron chi connectivity index (χ4n) is 1.84. The number of nitrogen functional groups attached to an aromatic ring is 1. The van der Waals surface area contributed by atoms with Crippen molar-refractivity contribution in [2.24, 2.45) is 0 Å². The maximum Gasteiger partial charge on any atom is 0.242 e. The second-order valence-corrected chi connectivity index (χ2v) is 8.39. The van der Waals surface area contributed by atoms with Crippen molar-refractivity contribution in [1.82, 2.24) is 14.3 Å². The number of hydrogen-bond acceptors (Lipinski definition) is 7. The van der Waals surface area contributed by atoms with Gasteiger partial charge in [-0.2, -0.15) is 0 Å². The number of anilines is 1. The van der Waals surface area contributed by atoms with E-state index in [9.17, 15) is 8.42 Å². The van der Waals surface area contributed by atoms with Crippen molar-refractivity contribution < 1.29 is 13.2 Å². The first-order valence-electron chi connectivity index (χ1n) is 7.18. The number of nitrogens with zero attached hydrogens (tertiary/aromatic N) is 3. The minimum absolute atomic E-state index is 0.234. The number of nitrogens with two attached hydrogens (primary N) is 1. The summed E-state index contributed by atoms with van der Waals surface area (Å²) in [7, 11) is -0.424. The second kappa shape index (κ2) is 7.82. The molecule has 1 aromatic heterocycles. The summed E-state index contributed by atoms with van der Waals surface area (Å²) in [5, 5.41) is 0.614. The van der Waals surface area contributed by atoms with E-state index in [1.165, 1.54) is 42.3 Å². The Balaban J connectivity index is 1.87. The molecule has 0 saturated carbocycles. The van der Waals surface area contributed by atoms with E-state index in [1.54, 1.807) is 18.2 Å². The highest BCUT2D eigenvalue weighted by atomic mass is 32.2. The Morgan fingerprint density at radius 3 is 2.46 bits per heavy atom. The van der Waals surface area contributed by atoms with Crippen LogP contribution in [0.2, 0.25) is 0 Å². The molecule has 7 nitrogen and oxygen atoms in total. The van der Waals surface area contributed by atoms with Crippen molar-refractivity contribution in [3.63, 3.8) is 0 Å². The first-order chi connectivity index (χ1) is 11.3. The van der Waals surface area contributed by atoms with Crippen LogP contribution >= 0.6 is 11.8 Å². The van der Waals surface area contributed by atoms with Gasteiger partial charge in [0.2, 0.25) is 10.0 Å². The van der Waals surface area contributed by atoms with Gasteiger partial charge in [0, 0.05) is 31.6 Å². The van der Waals surface area contributed by atoms with E-state index in [0.717, 1.165) is 5.69 Å². The minimum Gasteiger partial charge on any atom is -0.493 e. The number of sulfonamides is 1. The Bertz CT molecular complexity index is 773. The molecule has 0 amide bonds. The highest BCUT2D eigenvalue weighted by molar-refractivity contribution is 7.99. The molecule has 24 heavy (non-hydrogen) atoms. The number of aryl methyl sites for hydroxylation is 1. The highest BCUT2D eigenvalue weighted by Gasteiger charge is 2.16. The van der Waals surface area contributed by atoms with E-state index in [2.05, 4.69) is 9.97 Å². The molecule has 1 heterocycles. The van der Waals surface area contributed by atoms with Gasteiger partial charge in [-0.15, -0.1) is 0 Å². The second-order valence-electron chi connectivity index (χ2n) is 5.17. The standard InChI is InChI=1S/C15H20N4O3S2/c1-11-10-14(16)18-15(17-11)23-9-8-22-12-4-6-13(7-5-12)24(20,21)19(2)3/h4-7,10H,8-9H2,1-3H3,(H2,16,17,18). The van der Waals surface area contributed by atoms with Gasteiger partial charge in [0.25, 0.3) is 0 Å². The number of hydrogen-bond donors (Lipinski definition) is 1. The van der Waals surface area contributed by atoms with Gasteiger partial charge in [-0.1, -0.05) is 11.8 Å². The molecule has 0 spiro atoms. The van der Waals surface area contributed by atoms with Crippen LogP contribution in [0.25, 0.3) is 0 Å². The van der Waals surface area contributed by atoms with Crippen LogP contribution in [0, 0.1) is 6.92 Å². The smallest absolute Gasteiger partial charge is 0.242 e. The molecule has 2 N–H and O–H groups in total. The Morgan fingerprint density at radius 2 is 1.88 bits per heavy atom. The van der Waals surface area contributed by atoms with Crippen molar-refractivity contribution in [2.75, 3.05) is 32.2 Å². The molecule has 0 fully saturated rings. The number of ether oxygens (including phenoxy) is 1. The molecule has 9 heteroatoms. The van der Waals surface area contributed by atoms with Gasteiger partial charge in [-0.3, -0.25) is 0 Å². The lowest BCUT2D eigenvalue weighted by Crippen LogP contribution is -2.22. The van der Waals surface area contributed by atoms with Gasteiger partial charge in [0.05, 0.1) is 11.5 Å². The van der Waals surface area contributed by atoms with Gasteiger partial charge in [0.1, 0.15) is 11.6 Å². The van der Waals surface area contributed by atoms with E-state index in [1.807, 2.05) is 6.92 Å². The quantitative estimate of drug-likeness (QED) is 0.452. The molecule has 0 aliphatic heterocycles. The van der Waals surface area contributed by atoms with Crippen molar-refractivity contribution >= 4 is 27.6 Å². The van der Waals surface area contributed by atoms with Gasteiger partial charge in [-0.25, -0.2) is 22.7 Å². The Morgan fingerprint density at radius 1 is 1.21 bits per heavy atom. The van der Waals surface area contributed by atoms with E-state index in [-0.39, 0.29) is 4.90 Å². The fourth-order valence-corrected chi connectivity index (χ4v) is 3.47. The van der Waals surface area contributed by atoms with Crippen molar-refractivity contribution in [1.29, 1.82) is 0 Å². The summed E-state index contributed by atoms with van der Waals surface area (Å²) in [6.45, 7) is 2.31. The van der Waals surface area contributed by atoms with Crippen LogP contribution in [0.15, 0.2) is 40.4 Å². The monoisotopic (exact) mass is 368 g/mol. The zero-order valence-electron chi connectivity index (χ0n) is 13.8. The molecule has 0 unspecified atom stereocenters. The van der Waals surface area contributed by atoms with Crippen molar-refractivity contribution in [3.05, 3.63) is 36.0 Å². The summed E-state index contributed by atoms with van der Waals surface area (Å²) < 4.78 is 30.7. The number of aromatic nitrogens is 2. The first kappa shape index (κ1) is 18.5. The zero-order chi connectivity index (χ0) is 17.7. The van der Waals surface area contributed by atoms with E-state index >= 15 is 0 Å². The van der Waals surface area contributed by atoms with E-state index in [0.29, 0.717) is 29.1 Å². The van der Waals surface area contributed by atoms with Crippen LogP contribution in [0.1, 0.15) is 5.69 Å². The lowest BCUT2D eigenvalue weighted by molar-refractivity contribution is 0.343. The van der Waals surface area contributed by atoms with Crippen LogP contribution in [0.3, 0.4) is 0 Å². The molecule has 0 bridgehead atoms. The first-order valence-corrected chi connectivity index (χ1v) is 9.61. The molecule has 2 rings (SSSR count). The third kappa shape index (κ3) is 4.83. The lowest BCUT2D eigenvalue weighted by Gasteiger charge is -2.12. The maximum absolute atomic E-state index is 12.0. The van der Waals surface area contributed by atoms with Crippen LogP contribution in [-0.4, -0.2) is 49.1 Å². The van der Waals surface area contributed by atoms with Crippen LogP contribution < -0.4 is 10.5 Å². The maximum atomic E-state index is 12.0. The molecule has 0 radical (unpaired) electrons. The van der Waals surface area contributed by atoms with Crippen LogP contribution in [0.5, 0.6) is 5.75 Å². The third-order valence-corrected chi connectivity index (χ3v) is 5.68. The third-order valence-electron chi connectivity index (χ3n) is 3.04. The fraction of sp³-hybridized carbons (Fsp3) is 0.333. The SMILES string of the molecule is Cc1cc(N)nc(SCCOc2ccc(S(=O)(=O)N(C)C)cc2)n1. The normalized spacial score (nSPS) is 11.7. The largest absolute Gasteiger partial charge is 0.493 e. The molecule has 130 valence electrons. The average molecular weight is 368 g/mol. The Kier molecular flexibility index (Phi) is 6.03. The number of rotatable bonds is 7. The molecule has 1 aromatic carbocycles. The summed E-state index contributed by atoms with van der Waals surface area (Å²) in [5.41, 5.74) is 6.50. The predicted molar refractivity (Wildman–Crippen MR) is 94.7 cm³/mol. The Labute approximate surface area is 146 Å². The number of thioether (sulfide) groups is 1. The topological polar surface area (TPSA) is 98.4 Å². The summed E-state index contributed by atoms with van der Waals surface area (Å²) in [4.78, 5) is 8.65. The summed E-state index contributed by atoms with van der Waals surface area (Å²) in [6.07, 6.45) is 0. The van der Waals surface area contributed by atoms with Gasteiger partial charge in [-0.05, 0) is 31.2 Å². The van der Waals surface area contributed by atoms with Crippen LogP contribution in [0.4, 0.5) is 5.82 Å². The summed E-state index contributed by atoms with van der Waals surface area (Å²) >= 11 is 1.45. The van der Waals surface area contributed by atoms with Crippen molar-refractivity contribution in [3.8, 4) is 5.75 Å². The minimum atomic E-state index is -3.42. The van der Waals surface area contributed by atoms with Gasteiger partial charge in [0.15, 0.2) is 5.16 Å². The molecule has 2 aromatic rings. The van der Waals surface area contributed by atoms with E-state index < -0.39 is 10.0 Å². The van der Waals surface area contributed by atoms with E-state index in [4.69, 9.17) is 10.5 Å². The molecule has 0 saturated heterocycles. The molecule has 0 aliphatic rings. The molecule has 0 atom stereocenters. The van der Waals surface area contributed by atoms with Gasteiger partial charge >= 0.3 is 0 Å². The summed E-state index contributed by atoms with van der Waals surface area (Å²) in [5.74, 6) is 1.71. The molecular formula is C15H20N4O3S2. The average Bonchev–Trinajstić information content (AvgIpc) is 2.51.